The van der Waals surface area contributed by atoms with Gasteiger partial charge in [-0.15, -0.1) is 0 Å². The van der Waals surface area contributed by atoms with Crippen molar-refractivity contribution >= 4 is 17.0 Å². The molecule has 10 nitrogen and oxygen atoms in total. The number of rotatable bonds is 7. The number of hydrogen-bond acceptors (Lipinski definition) is 7. The van der Waals surface area contributed by atoms with Crippen molar-refractivity contribution < 1.29 is 28.5 Å². The summed E-state index contributed by atoms with van der Waals surface area (Å²) in [6.07, 6.45) is 1.89. The molecular formula is C26H29FN4O6. The average Bonchev–Trinajstić information content (AvgIpc) is 2.91. The van der Waals surface area contributed by atoms with E-state index in [9.17, 15) is 19.1 Å². The molecule has 3 aromatic rings. The Kier molecular flexibility index (Phi) is 7.13. The van der Waals surface area contributed by atoms with Crippen LogP contribution in [0, 0.1) is 5.82 Å². The lowest BCUT2D eigenvalue weighted by Crippen LogP contribution is -2.47. The fraction of sp³-hybridized carbons (Fsp3) is 0.423. The van der Waals surface area contributed by atoms with Gasteiger partial charge in [-0.2, -0.15) is 0 Å². The molecule has 2 aliphatic heterocycles. The Balaban J connectivity index is 1.22. The second-order valence-electron chi connectivity index (χ2n) is 9.17. The van der Waals surface area contributed by atoms with Crippen LogP contribution in [0.4, 0.5) is 9.18 Å². The molecule has 0 bridgehead atoms. The number of hydrogen-bond donors (Lipinski definition) is 1. The first-order valence-corrected chi connectivity index (χ1v) is 12.3. The first-order chi connectivity index (χ1) is 17.9. The molecule has 1 amide bonds. The van der Waals surface area contributed by atoms with Gasteiger partial charge in [0.25, 0.3) is 5.56 Å². The van der Waals surface area contributed by atoms with Crippen molar-refractivity contribution in [2.45, 2.75) is 32.0 Å². The van der Waals surface area contributed by atoms with E-state index in [1.54, 1.807) is 22.9 Å². The van der Waals surface area contributed by atoms with Gasteiger partial charge in [0.15, 0.2) is 11.5 Å². The SMILES string of the molecule is COc1cc(F)cc2c1ccc(=O)n2CCN1CCC(N(Cc2cc3c(cn2)OCCO3)C(=O)O)CC1. The zero-order chi connectivity index (χ0) is 25.9. The predicted octanol–water partition coefficient (Wildman–Crippen LogP) is 2.96. The lowest BCUT2D eigenvalue weighted by atomic mass is 10.0. The molecule has 1 aromatic carbocycles. The van der Waals surface area contributed by atoms with E-state index < -0.39 is 11.9 Å². The van der Waals surface area contributed by atoms with Gasteiger partial charge in [-0.05, 0) is 25.0 Å². The monoisotopic (exact) mass is 512 g/mol. The summed E-state index contributed by atoms with van der Waals surface area (Å²) in [4.78, 5) is 32.6. The van der Waals surface area contributed by atoms with Crippen molar-refractivity contribution in [3.8, 4) is 17.2 Å². The van der Waals surface area contributed by atoms with Crippen molar-refractivity contribution in [1.29, 1.82) is 0 Å². The Hall–Kier alpha value is -3.86. The van der Waals surface area contributed by atoms with Gasteiger partial charge in [0.1, 0.15) is 24.8 Å². The minimum absolute atomic E-state index is 0.151. The van der Waals surface area contributed by atoms with Crippen LogP contribution in [0.3, 0.4) is 0 Å². The fourth-order valence-corrected chi connectivity index (χ4v) is 5.03. The van der Waals surface area contributed by atoms with E-state index in [1.165, 1.54) is 30.2 Å². The molecule has 5 rings (SSSR count). The smallest absolute Gasteiger partial charge is 0.407 e. The van der Waals surface area contributed by atoms with E-state index in [2.05, 4.69) is 9.88 Å². The number of carbonyl (C=O) groups is 1. The van der Waals surface area contributed by atoms with Crippen LogP contribution in [0.25, 0.3) is 10.9 Å². The normalized spacial score (nSPS) is 16.1. The van der Waals surface area contributed by atoms with Crippen LogP contribution < -0.4 is 19.8 Å². The number of likely N-dealkylation sites (tertiary alicyclic amines) is 1. The minimum Gasteiger partial charge on any atom is -0.496 e. The molecule has 196 valence electrons. The maximum absolute atomic E-state index is 14.1. The summed E-state index contributed by atoms with van der Waals surface area (Å²) in [6.45, 7) is 3.41. The Morgan fingerprint density at radius 1 is 1.16 bits per heavy atom. The predicted molar refractivity (Wildman–Crippen MR) is 133 cm³/mol. The summed E-state index contributed by atoms with van der Waals surface area (Å²) < 4.78 is 32.1. The van der Waals surface area contributed by atoms with Gasteiger partial charge in [-0.3, -0.25) is 14.7 Å². The number of nitrogens with zero attached hydrogens (tertiary/aromatic N) is 4. The number of benzene rings is 1. The summed E-state index contributed by atoms with van der Waals surface area (Å²) in [5.74, 6) is 1.06. The molecule has 0 saturated carbocycles. The molecule has 1 saturated heterocycles. The number of aromatic nitrogens is 2. The molecule has 0 radical (unpaired) electrons. The number of pyridine rings is 2. The number of carboxylic acid groups (broad SMARTS) is 1. The van der Waals surface area contributed by atoms with Gasteiger partial charge in [0, 0.05) is 55.8 Å². The first-order valence-electron chi connectivity index (χ1n) is 12.3. The highest BCUT2D eigenvalue weighted by atomic mass is 19.1. The summed E-state index contributed by atoms with van der Waals surface area (Å²) in [5.41, 5.74) is 0.884. The Morgan fingerprint density at radius 2 is 1.92 bits per heavy atom. The number of piperidine rings is 1. The lowest BCUT2D eigenvalue weighted by Gasteiger charge is -2.37. The van der Waals surface area contributed by atoms with Gasteiger partial charge >= 0.3 is 6.09 Å². The molecule has 2 aromatic heterocycles. The Bertz CT molecular complexity index is 1350. The maximum atomic E-state index is 14.1. The van der Waals surface area contributed by atoms with Crippen LogP contribution in [-0.2, 0) is 13.1 Å². The molecule has 11 heteroatoms. The standard InChI is InChI=1S/C26H29FN4O6/c1-35-22-13-17(27)12-21-20(22)2-3-25(32)30(21)9-8-29-6-4-19(5-7-29)31(26(33)34)16-18-14-23-24(15-28-18)37-11-10-36-23/h2-3,12-15,19H,4-11,16H2,1H3,(H,33,34). The van der Waals surface area contributed by atoms with E-state index in [4.69, 9.17) is 14.2 Å². The van der Waals surface area contributed by atoms with E-state index in [0.717, 1.165) is 0 Å². The van der Waals surface area contributed by atoms with Gasteiger partial charge in [0.05, 0.1) is 31.1 Å². The number of halogens is 1. The van der Waals surface area contributed by atoms with E-state index >= 15 is 0 Å². The highest BCUT2D eigenvalue weighted by Gasteiger charge is 2.29. The summed E-state index contributed by atoms with van der Waals surface area (Å²) >= 11 is 0. The second kappa shape index (κ2) is 10.6. The van der Waals surface area contributed by atoms with Crippen LogP contribution in [0.5, 0.6) is 17.2 Å². The van der Waals surface area contributed by atoms with Crippen molar-refractivity contribution in [3.05, 3.63) is 58.4 Å². The molecule has 0 spiro atoms. The van der Waals surface area contributed by atoms with E-state index in [-0.39, 0.29) is 18.1 Å². The number of fused-ring (bicyclic) bond motifs is 2. The topological polar surface area (TPSA) is 106 Å². The van der Waals surface area contributed by atoms with Crippen molar-refractivity contribution in [2.24, 2.45) is 0 Å². The van der Waals surface area contributed by atoms with Crippen LogP contribution >= 0.6 is 0 Å². The van der Waals surface area contributed by atoms with Crippen LogP contribution in [0.1, 0.15) is 18.5 Å². The van der Waals surface area contributed by atoms with Gasteiger partial charge < -0.3 is 28.8 Å². The minimum atomic E-state index is -0.992. The van der Waals surface area contributed by atoms with Gasteiger partial charge in [-0.25, -0.2) is 9.18 Å². The second-order valence-corrected chi connectivity index (χ2v) is 9.17. The van der Waals surface area contributed by atoms with E-state index in [0.29, 0.717) is 86.1 Å². The maximum Gasteiger partial charge on any atom is 0.407 e. The molecule has 1 N–H and O–H groups in total. The molecule has 0 unspecified atom stereocenters. The quantitative estimate of drug-likeness (QED) is 0.515. The Morgan fingerprint density at radius 3 is 2.65 bits per heavy atom. The van der Waals surface area contributed by atoms with Gasteiger partial charge in [0.2, 0.25) is 0 Å². The van der Waals surface area contributed by atoms with Crippen molar-refractivity contribution in [3.63, 3.8) is 0 Å². The van der Waals surface area contributed by atoms with Crippen LogP contribution in [0.2, 0.25) is 0 Å². The fourth-order valence-electron chi connectivity index (χ4n) is 5.03. The first kappa shape index (κ1) is 24.8. The summed E-state index contributed by atoms with van der Waals surface area (Å²) in [7, 11) is 1.47. The molecule has 0 aliphatic carbocycles. The number of methoxy groups -OCH3 is 1. The van der Waals surface area contributed by atoms with Gasteiger partial charge in [-0.1, -0.05) is 0 Å². The zero-order valence-corrected chi connectivity index (χ0v) is 20.6. The molecule has 37 heavy (non-hydrogen) atoms. The molecule has 0 atom stereocenters. The third-order valence-electron chi connectivity index (χ3n) is 6.96. The van der Waals surface area contributed by atoms with Crippen molar-refractivity contribution in [1.82, 2.24) is 19.4 Å². The highest BCUT2D eigenvalue weighted by Crippen LogP contribution is 2.30. The molecule has 4 heterocycles. The number of amides is 1. The average molecular weight is 513 g/mol. The third kappa shape index (κ3) is 5.31. The zero-order valence-electron chi connectivity index (χ0n) is 20.6. The van der Waals surface area contributed by atoms with Crippen LogP contribution in [0.15, 0.2) is 41.3 Å². The van der Waals surface area contributed by atoms with Crippen LogP contribution in [-0.4, -0.2) is 76.6 Å². The molecule has 1 fully saturated rings. The highest BCUT2D eigenvalue weighted by molar-refractivity contribution is 5.85. The van der Waals surface area contributed by atoms with Crippen molar-refractivity contribution in [2.75, 3.05) is 40.0 Å². The Labute approximate surface area is 212 Å². The summed E-state index contributed by atoms with van der Waals surface area (Å²) in [5, 5.41) is 10.6. The molecule has 2 aliphatic rings. The third-order valence-corrected chi connectivity index (χ3v) is 6.96. The summed E-state index contributed by atoms with van der Waals surface area (Å²) in [6, 6.07) is 7.35. The van der Waals surface area contributed by atoms with E-state index in [1.807, 2.05) is 0 Å². The lowest BCUT2D eigenvalue weighted by molar-refractivity contribution is 0.0848. The number of ether oxygens (including phenoxy) is 3. The molecular weight excluding hydrogens is 483 g/mol. The largest absolute Gasteiger partial charge is 0.496 e.